The van der Waals surface area contributed by atoms with Gasteiger partial charge in [-0.1, -0.05) is 30.3 Å². The second kappa shape index (κ2) is 6.69. The van der Waals surface area contributed by atoms with Crippen LogP contribution in [0.1, 0.15) is 15.9 Å². The molecule has 2 aromatic carbocycles. The zero-order valence-electron chi connectivity index (χ0n) is 12.4. The fourth-order valence-electron chi connectivity index (χ4n) is 2.13. The molecule has 0 amide bonds. The molecule has 120 valence electrons. The van der Waals surface area contributed by atoms with Crippen LogP contribution in [-0.2, 0) is 11.3 Å². The molecule has 0 spiro atoms. The molecule has 8 heteroatoms. The van der Waals surface area contributed by atoms with Gasteiger partial charge < -0.3 is 4.74 Å². The molecule has 0 unspecified atom stereocenters. The van der Waals surface area contributed by atoms with E-state index in [9.17, 15) is 14.9 Å². The van der Waals surface area contributed by atoms with E-state index >= 15 is 0 Å². The van der Waals surface area contributed by atoms with Crippen LogP contribution in [0.2, 0.25) is 0 Å². The molecule has 0 saturated carbocycles. The van der Waals surface area contributed by atoms with Crippen LogP contribution >= 0.6 is 0 Å². The average Bonchev–Trinajstić information content (AvgIpc) is 3.14. The number of nitro groups is 1. The lowest BCUT2D eigenvalue weighted by molar-refractivity contribution is -0.384. The molecule has 0 N–H and O–H groups in total. The predicted molar refractivity (Wildman–Crippen MR) is 83.6 cm³/mol. The smallest absolute Gasteiger partial charge is 0.338 e. The van der Waals surface area contributed by atoms with Gasteiger partial charge in [-0.05, 0) is 17.7 Å². The molecule has 8 nitrogen and oxygen atoms in total. The number of ether oxygens (including phenoxy) is 1. The molecule has 0 aliphatic carbocycles. The summed E-state index contributed by atoms with van der Waals surface area (Å²) in [5.41, 5.74) is 0.896. The van der Waals surface area contributed by atoms with E-state index in [-0.39, 0.29) is 23.5 Å². The van der Waals surface area contributed by atoms with Gasteiger partial charge in [-0.25, -0.2) is 14.5 Å². The largest absolute Gasteiger partial charge is 0.457 e. The Morgan fingerprint density at radius 2 is 2.00 bits per heavy atom. The maximum absolute atomic E-state index is 12.1. The SMILES string of the molecule is O=C(OCc1ccccc1)c1ccc(-n2cncn2)c([N+](=O)[O-])c1. The van der Waals surface area contributed by atoms with E-state index in [0.29, 0.717) is 0 Å². The Balaban J connectivity index is 1.82. The Morgan fingerprint density at radius 1 is 1.21 bits per heavy atom. The summed E-state index contributed by atoms with van der Waals surface area (Å²) in [6, 6.07) is 13.2. The quantitative estimate of drug-likeness (QED) is 0.406. The highest BCUT2D eigenvalue weighted by molar-refractivity contribution is 5.90. The fourth-order valence-corrected chi connectivity index (χ4v) is 2.13. The number of hydrogen-bond acceptors (Lipinski definition) is 6. The lowest BCUT2D eigenvalue weighted by Gasteiger charge is -2.07. The van der Waals surface area contributed by atoms with Crippen molar-refractivity contribution in [3.63, 3.8) is 0 Å². The molecule has 3 aromatic rings. The van der Waals surface area contributed by atoms with Crippen LogP contribution in [0.4, 0.5) is 5.69 Å². The van der Waals surface area contributed by atoms with Crippen LogP contribution in [0.25, 0.3) is 5.69 Å². The average molecular weight is 324 g/mol. The number of nitrogens with zero attached hydrogens (tertiary/aromatic N) is 4. The van der Waals surface area contributed by atoms with Crippen molar-refractivity contribution in [3.8, 4) is 5.69 Å². The molecular formula is C16H12N4O4. The first kappa shape index (κ1) is 15.3. The minimum atomic E-state index is -0.632. The van der Waals surface area contributed by atoms with Gasteiger partial charge in [-0.3, -0.25) is 10.1 Å². The van der Waals surface area contributed by atoms with Gasteiger partial charge in [0.05, 0.1) is 10.5 Å². The molecule has 24 heavy (non-hydrogen) atoms. The van der Waals surface area contributed by atoms with Gasteiger partial charge in [0.25, 0.3) is 5.69 Å². The highest BCUT2D eigenvalue weighted by Gasteiger charge is 2.20. The minimum Gasteiger partial charge on any atom is -0.457 e. The summed E-state index contributed by atoms with van der Waals surface area (Å²) in [5.74, 6) is -0.632. The number of aromatic nitrogens is 3. The van der Waals surface area contributed by atoms with Gasteiger partial charge in [0.2, 0.25) is 0 Å². The van der Waals surface area contributed by atoms with Crippen molar-refractivity contribution >= 4 is 11.7 Å². The summed E-state index contributed by atoms with van der Waals surface area (Å²) in [6.07, 6.45) is 2.61. The van der Waals surface area contributed by atoms with E-state index in [4.69, 9.17) is 4.74 Å². The van der Waals surface area contributed by atoms with E-state index in [1.165, 1.54) is 35.5 Å². The Hall–Kier alpha value is -3.55. The first-order valence-electron chi connectivity index (χ1n) is 6.99. The monoisotopic (exact) mass is 324 g/mol. The third-order valence-electron chi connectivity index (χ3n) is 3.29. The van der Waals surface area contributed by atoms with E-state index in [0.717, 1.165) is 5.56 Å². The van der Waals surface area contributed by atoms with Gasteiger partial charge in [0.15, 0.2) is 0 Å². The molecule has 1 aromatic heterocycles. The van der Waals surface area contributed by atoms with E-state index in [1.807, 2.05) is 30.3 Å². The number of hydrogen-bond donors (Lipinski definition) is 0. The Labute approximate surface area is 136 Å². The zero-order valence-corrected chi connectivity index (χ0v) is 12.4. The predicted octanol–water partition coefficient (Wildman–Crippen LogP) is 2.53. The van der Waals surface area contributed by atoms with Gasteiger partial charge in [-0.2, -0.15) is 5.10 Å². The molecule has 0 fully saturated rings. The van der Waals surface area contributed by atoms with Gasteiger partial charge >= 0.3 is 5.97 Å². The van der Waals surface area contributed by atoms with E-state index in [2.05, 4.69) is 10.1 Å². The second-order valence-electron chi connectivity index (χ2n) is 4.86. The van der Waals surface area contributed by atoms with Crippen LogP contribution in [0.3, 0.4) is 0 Å². The van der Waals surface area contributed by atoms with Crippen molar-refractivity contribution in [3.05, 3.63) is 82.4 Å². The minimum absolute atomic E-state index is 0.0955. The maximum Gasteiger partial charge on any atom is 0.338 e. The molecule has 0 aliphatic rings. The summed E-state index contributed by atoms with van der Waals surface area (Å²) in [6.45, 7) is 0.0955. The fraction of sp³-hybridized carbons (Fsp3) is 0.0625. The first-order chi connectivity index (χ1) is 11.6. The zero-order chi connectivity index (χ0) is 16.9. The summed E-state index contributed by atoms with van der Waals surface area (Å²) in [5, 5.41) is 15.1. The van der Waals surface area contributed by atoms with Crippen LogP contribution in [0.15, 0.2) is 61.2 Å². The van der Waals surface area contributed by atoms with Crippen LogP contribution in [-0.4, -0.2) is 25.7 Å². The Bertz CT molecular complexity index is 863. The lowest BCUT2D eigenvalue weighted by atomic mass is 10.1. The molecule has 0 saturated heterocycles. The lowest BCUT2D eigenvalue weighted by Crippen LogP contribution is -2.08. The van der Waals surface area contributed by atoms with Crippen LogP contribution in [0.5, 0.6) is 0 Å². The van der Waals surface area contributed by atoms with Crippen molar-refractivity contribution in [1.82, 2.24) is 14.8 Å². The van der Waals surface area contributed by atoms with Crippen LogP contribution < -0.4 is 0 Å². The topological polar surface area (TPSA) is 100 Å². The molecule has 0 radical (unpaired) electrons. The highest BCUT2D eigenvalue weighted by atomic mass is 16.6. The number of esters is 1. The molecule has 1 heterocycles. The third kappa shape index (κ3) is 3.27. The number of carbonyl (C=O) groups is 1. The molecule has 0 bridgehead atoms. The van der Waals surface area contributed by atoms with Crippen molar-refractivity contribution in [2.24, 2.45) is 0 Å². The van der Waals surface area contributed by atoms with Crippen molar-refractivity contribution < 1.29 is 14.5 Å². The molecule has 3 rings (SSSR count). The van der Waals surface area contributed by atoms with Crippen molar-refractivity contribution in [2.45, 2.75) is 6.61 Å². The van der Waals surface area contributed by atoms with E-state index < -0.39 is 10.9 Å². The number of benzene rings is 2. The Morgan fingerprint density at radius 3 is 2.67 bits per heavy atom. The summed E-state index contributed by atoms with van der Waals surface area (Å²) in [4.78, 5) is 26.6. The molecule has 0 atom stereocenters. The van der Waals surface area contributed by atoms with Gasteiger partial charge in [-0.15, -0.1) is 0 Å². The van der Waals surface area contributed by atoms with Gasteiger partial charge in [0.1, 0.15) is 24.9 Å². The summed E-state index contributed by atoms with van der Waals surface area (Å²) < 4.78 is 6.44. The van der Waals surface area contributed by atoms with Crippen molar-refractivity contribution in [1.29, 1.82) is 0 Å². The summed E-state index contributed by atoms with van der Waals surface area (Å²) >= 11 is 0. The molecule has 0 aliphatic heterocycles. The molecular weight excluding hydrogens is 312 g/mol. The summed E-state index contributed by atoms with van der Waals surface area (Å²) in [7, 11) is 0. The number of nitro benzene ring substituents is 1. The number of rotatable bonds is 5. The normalized spacial score (nSPS) is 10.3. The first-order valence-corrected chi connectivity index (χ1v) is 6.99. The van der Waals surface area contributed by atoms with Crippen LogP contribution in [0, 0.1) is 10.1 Å². The second-order valence-corrected chi connectivity index (χ2v) is 4.86. The number of carbonyl (C=O) groups excluding carboxylic acids is 1. The van der Waals surface area contributed by atoms with Crippen molar-refractivity contribution in [2.75, 3.05) is 0 Å². The standard InChI is InChI=1S/C16H12N4O4/c21-16(24-9-12-4-2-1-3-5-12)13-6-7-14(15(8-13)20(22)23)19-11-17-10-18-19/h1-8,10-11H,9H2. The maximum atomic E-state index is 12.1. The highest BCUT2D eigenvalue weighted by Crippen LogP contribution is 2.24. The van der Waals surface area contributed by atoms with E-state index in [1.54, 1.807) is 0 Å². The van der Waals surface area contributed by atoms with Gasteiger partial charge in [0, 0.05) is 6.07 Å². The Kier molecular flexibility index (Phi) is 4.28. The third-order valence-corrected chi connectivity index (χ3v) is 3.29.